The van der Waals surface area contributed by atoms with Gasteiger partial charge in [-0.1, -0.05) is 11.6 Å². The minimum Gasteiger partial charge on any atom is -0.490 e. The van der Waals surface area contributed by atoms with Crippen LogP contribution in [-0.4, -0.2) is 30.7 Å². The Hall–Kier alpha value is -3.00. The fourth-order valence-electron chi connectivity index (χ4n) is 2.19. The Labute approximate surface area is 161 Å². The number of nitro benzene ring substituents is 1. The summed E-state index contributed by atoms with van der Waals surface area (Å²) in [5, 5.41) is 13.4. The third-order valence-corrected chi connectivity index (χ3v) is 3.61. The van der Waals surface area contributed by atoms with E-state index in [-0.39, 0.29) is 23.1 Å². The van der Waals surface area contributed by atoms with Crippen molar-refractivity contribution >= 4 is 28.9 Å². The summed E-state index contributed by atoms with van der Waals surface area (Å²) in [6.45, 7) is 4.36. The lowest BCUT2D eigenvalue weighted by molar-refractivity contribution is -0.384. The van der Waals surface area contributed by atoms with Crippen molar-refractivity contribution in [2.24, 2.45) is 0 Å². The number of ether oxygens (including phenoxy) is 3. The van der Waals surface area contributed by atoms with Crippen molar-refractivity contribution in [3.63, 3.8) is 0 Å². The van der Waals surface area contributed by atoms with Gasteiger partial charge in [-0.05, 0) is 32.0 Å². The first-order valence-electron chi connectivity index (χ1n) is 8.20. The molecule has 0 saturated carbocycles. The number of amides is 1. The zero-order valence-electron chi connectivity index (χ0n) is 14.9. The van der Waals surface area contributed by atoms with Crippen LogP contribution in [0.4, 0.5) is 11.4 Å². The molecule has 0 aliphatic heterocycles. The molecule has 0 aliphatic carbocycles. The smallest absolute Gasteiger partial charge is 0.271 e. The normalized spacial score (nSPS) is 10.2. The SMILES string of the molecule is CCOc1ccc(NC(=O)COc2ccc([N+](=O)[O-])cc2Cl)cc1OCC. The molecule has 0 aliphatic rings. The minimum absolute atomic E-state index is 0.0525. The summed E-state index contributed by atoms with van der Waals surface area (Å²) in [5.74, 6) is 0.873. The molecule has 0 saturated heterocycles. The molecule has 1 amide bonds. The predicted molar refractivity (Wildman–Crippen MR) is 101 cm³/mol. The van der Waals surface area contributed by atoms with E-state index in [2.05, 4.69) is 5.32 Å². The molecule has 0 fully saturated rings. The zero-order valence-corrected chi connectivity index (χ0v) is 15.6. The van der Waals surface area contributed by atoms with E-state index in [4.69, 9.17) is 25.8 Å². The van der Waals surface area contributed by atoms with Gasteiger partial charge in [-0.25, -0.2) is 0 Å². The highest BCUT2D eigenvalue weighted by atomic mass is 35.5. The van der Waals surface area contributed by atoms with Gasteiger partial charge in [0.1, 0.15) is 5.75 Å². The number of hydrogen-bond donors (Lipinski definition) is 1. The number of benzene rings is 2. The van der Waals surface area contributed by atoms with Gasteiger partial charge in [0.2, 0.25) is 0 Å². The molecule has 0 radical (unpaired) electrons. The summed E-state index contributed by atoms with van der Waals surface area (Å²) in [6, 6.07) is 8.81. The van der Waals surface area contributed by atoms with Crippen LogP contribution >= 0.6 is 11.6 Å². The van der Waals surface area contributed by atoms with Crippen LogP contribution < -0.4 is 19.5 Å². The van der Waals surface area contributed by atoms with Crippen LogP contribution in [0.15, 0.2) is 36.4 Å². The number of non-ortho nitro benzene ring substituents is 1. The predicted octanol–water partition coefficient (Wildman–Crippen LogP) is 4.06. The van der Waals surface area contributed by atoms with Gasteiger partial charge in [-0.3, -0.25) is 14.9 Å². The van der Waals surface area contributed by atoms with Crippen LogP contribution in [0.1, 0.15) is 13.8 Å². The van der Waals surface area contributed by atoms with Crippen molar-refractivity contribution in [3.8, 4) is 17.2 Å². The highest BCUT2D eigenvalue weighted by Gasteiger charge is 2.13. The lowest BCUT2D eigenvalue weighted by atomic mass is 10.2. The average molecular weight is 395 g/mol. The monoisotopic (exact) mass is 394 g/mol. The van der Waals surface area contributed by atoms with Gasteiger partial charge in [0.15, 0.2) is 18.1 Å². The van der Waals surface area contributed by atoms with Gasteiger partial charge in [0, 0.05) is 23.9 Å². The van der Waals surface area contributed by atoms with Gasteiger partial charge in [0.05, 0.1) is 23.2 Å². The molecule has 9 heteroatoms. The number of anilines is 1. The van der Waals surface area contributed by atoms with Crippen LogP contribution in [0.2, 0.25) is 5.02 Å². The number of hydrogen-bond acceptors (Lipinski definition) is 6. The van der Waals surface area contributed by atoms with Crippen molar-refractivity contribution in [2.75, 3.05) is 25.1 Å². The van der Waals surface area contributed by atoms with Crippen molar-refractivity contribution in [1.82, 2.24) is 0 Å². The molecule has 0 atom stereocenters. The summed E-state index contributed by atoms with van der Waals surface area (Å²) in [4.78, 5) is 22.2. The maximum Gasteiger partial charge on any atom is 0.271 e. The first kappa shape index (κ1) is 20.3. The molecule has 2 aromatic carbocycles. The van der Waals surface area contributed by atoms with E-state index in [1.165, 1.54) is 12.1 Å². The molecule has 1 N–H and O–H groups in total. The third kappa shape index (κ3) is 5.75. The summed E-state index contributed by atoms with van der Waals surface area (Å²) in [5.41, 5.74) is 0.361. The second kappa shape index (κ2) is 9.63. The van der Waals surface area contributed by atoms with Crippen LogP contribution in [-0.2, 0) is 4.79 Å². The number of nitrogens with zero attached hydrogens (tertiary/aromatic N) is 1. The number of carbonyl (C=O) groups excluding carboxylic acids is 1. The van der Waals surface area contributed by atoms with Gasteiger partial charge in [0.25, 0.3) is 11.6 Å². The molecule has 0 spiro atoms. The first-order chi connectivity index (χ1) is 12.9. The molecular formula is C18H19ClN2O6. The standard InChI is InChI=1S/C18H19ClN2O6/c1-3-25-16-7-5-12(9-17(16)26-4-2)20-18(22)11-27-15-8-6-13(21(23)24)10-14(15)19/h5-10H,3-4,11H2,1-2H3,(H,20,22). The fourth-order valence-corrected chi connectivity index (χ4v) is 2.42. The number of halogens is 1. The molecule has 0 heterocycles. The topological polar surface area (TPSA) is 99.9 Å². The van der Waals surface area contributed by atoms with Crippen molar-refractivity contribution in [1.29, 1.82) is 0 Å². The summed E-state index contributed by atoms with van der Waals surface area (Å²) in [7, 11) is 0. The first-order valence-corrected chi connectivity index (χ1v) is 8.58. The zero-order chi connectivity index (χ0) is 19.8. The quantitative estimate of drug-likeness (QED) is 0.508. The lowest BCUT2D eigenvalue weighted by Crippen LogP contribution is -2.20. The Kier molecular flexibility index (Phi) is 7.25. The van der Waals surface area contributed by atoms with Crippen LogP contribution in [0.5, 0.6) is 17.2 Å². The largest absolute Gasteiger partial charge is 0.490 e. The van der Waals surface area contributed by atoms with Crippen LogP contribution in [0.25, 0.3) is 0 Å². The van der Waals surface area contributed by atoms with E-state index in [9.17, 15) is 14.9 Å². The number of rotatable bonds is 9. The molecule has 2 aromatic rings. The van der Waals surface area contributed by atoms with E-state index >= 15 is 0 Å². The Morgan fingerprint density at radius 1 is 1.04 bits per heavy atom. The average Bonchev–Trinajstić information content (AvgIpc) is 2.63. The van der Waals surface area contributed by atoms with Crippen molar-refractivity contribution < 1.29 is 23.9 Å². The van der Waals surface area contributed by atoms with Gasteiger partial charge in [-0.15, -0.1) is 0 Å². The molecular weight excluding hydrogens is 376 g/mol. The Morgan fingerprint density at radius 3 is 2.33 bits per heavy atom. The minimum atomic E-state index is -0.565. The van der Waals surface area contributed by atoms with E-state index in [1.54, 1.807) is 18.2 Å². The lowest BCUT2D eigenvalue weighted by Gasteiger charge is -2.13. The Balaban J connectivity index is 1.99. The number of nitro groups is 1. The van der Waals surface area contributed by atoms with E-state index < -0.39 is 10.8 Å². The Morgan fingerprint density at radius 2 is 1.70 bits per heavy atom. The summed E-state index contributed by atoms with van der Waals surface area (Å²) in [6.07, 6.45) is 0. The van der Waals surface area contributed by atoms with Crippen LogP contribution in [0, 0.1) is 10.1 Å². The van der Waals surface area contributed by atoms with Gasteiger partial charge < -0.3 is 19.5 Å². The molecule has 0 unspecified atom stereocenters. The highest BCUT2D eigenvalue weighted by molar-refractivity contribution is 6.32. The molecule has 8 nitrogen and oxygen atoms in total. The van der Waals surface area contributed by atoms with E-state index in [1.807, 2.05) is 13.8 Å². The summed E-state index contributed by atoms with van der Waals surface area (Å²) >= 11 is 5.93. The van der Waals surface area contributed by atoms with Gasteiger partial charge >= 0.3 is 0 Å². The second-order valence-corrected chi connectivity index (χ2v) is 5.64. The van der Waals surface area contributed by atoms with Gasteiger partial charge in [-0.2, -0.15) is 0 Å². The van der Waals surface area contributed by atoms with E-state index in [0.29, 0.717) is 30.4 Å². The Bertz CT molecular complexity index is 827. The molecule has 2 rings (SSSR count). The van der Waals surface area contributed by atoms with Crippen molar-refractivity contribution in [3.05, 3.63) is 51.5 Å². The molecule has 144 valence electrons. The maximum atomic E-state index is 12.1. The highest BCUT2D eigenvalue weighted by Crippen LogP contribution is 2.31. The molecule has 0 bridgehead atoms. The van der Waals surface area contributed by atoms with Crippen LogP contribution in [0.3, 0.4) is 0 Å². The second-order valence-electron chi connectivity index (χ2n) is 5.24. The summed E-state index contributed by atoms with van der Waals surface area (Å²) < 4.78 is 16.3. The molecule has 0 aromatic heterocycles. The van der Waals surface area contributed by atoms with Crippen molar-refractivity contribution in [2.45, 2.75) is 13.8 Å². The third-order valence-electron chi connectivity index (χ3n) is 3.31. The van der Waals surface area contributed by atoms with E-state index in [0.717, 1.165) is 6.07 Å². The number of carbonyl (C=O) groups is 1. The molecule has 27 heavy (non-hydrogen) atoms. The fraction of sp³-hybridized carbons (Fsp3) is 0.278. The maximum absolute atomic E-state index is 12.1. The number of nitrogens with one attached hydrogen (secondary N) is 1.